The Bertz CT molecular complexity index is 555. The van der Waals surface area contributed by atoms with Gasteiger partial charge in [0.1, 0.15) is 4.90 Å². The van der Waals surface area contributed by atoms with Crippen LogP contribution < -0.4 is 5.73 Å². The third-order valence-corrected chi connectivity index (χ3v) is 4.71. The van der Waals surface area contributed by atoms with E-state index in [-0.39, 0.29) is 30.4 Å². The molecule has 20 heavy (non-hydrogen) atoms. The van der Waals surface area contributed by atoms with Gasteiger partial charge in [-0.3, -0.25) is 9.78 Å². The number of pyridine rings is 1. The molecule has 8 heteroatoms. The lowest BCUT2D eigenvalue weighted by molar-refractivity contribution is -0.128. The molecule has 0 aliphatic heterocycles. The molecule has 0 aliphatic rings. The smallest absolute Gasteiger partial charge is 0.245 e. The van der Waals surface area contributed by atoms with Crippen LogP contribution in [0.15, 0.2) is 23.2 Å². The van der Waals surface area contributed by atoms with E-state index in [9.17, 15) is 13.2 Å². The maximum atomic E-state index is 12.4. The molecule has 0 bridgehead atoms. The van der Waals surface area contributed by atoms with Crippen LogP contribution in [-0.2, 0) is 21.4 Å². The minimum Gasteiger partial charge on any atom is -0.348 e. The number of carbonyl (C=O) groups excluding carboxylic acids is 1. The van der Waals surface area contributed by atoms with Gasteiger partial charge in [-0.25, -0.2) is 8.42 Å². The van der Waals surface area contributed by atoms with Crippen molar-refractivity contribution in [3.8, 4) is 0 Å². The van der Waals surface area contributed by atoms with Crippen LogP contribution in [-0.4, -0.2) is 55.7 Å². The number of sulfonamides is 1. The molecule has 0 saturated heterocycles. The summed E-state index contributed by atoms with van der Waals surface area (Å²) in [6, 6.07) is 3.02. The third kappa shape index (κ3) is 3.75. The van der Waals surface area contributed by atoms with Gasteiger partial charge in [-0.15, -0.1) is 0 Å². The van der Waals surface area contributed by atoms with E-state index in [2.05, 4.69) is 4.98 Å². The van der Waals surface area contributed by atoms with Crippen LogP contribution in [0.25, 0.3) is 0 Å². The van der Waals surface area contributed by atoms with Crippen LogP contribution in [0.2, 0.25) is 0 Å². The number of likely N-dealkylation sites (N-methyl/N-ethyl adjacent to an activating group) is 2. The highest BCUT2D eigenvalue weighted by molar-refractivity contribution is 7.89. The number of hydrogen-bond acceptors (Lipinski definition) is 5. The molecule has 7 nitrogen and oxygen atoms in total. The van der Waals surface area contributed by atoms with Crippen LogP contribution in [0.5, 0.6) is 0 Å². The van der Waals surface area contributed by atoms with E-state index in [0.717, 1.165) is 4.31 Å². The van der Waals surface area contributed by atoms with Crippen LogP contribution in [0, 0.1) is 0 Å². The van der Waals surface area contributed by atoms with Gasteiger partial charge in [0.15, 0.2) is 0 Å². The molecule has 1 rings (SSSR count). The minimum atomic E-state index is -3.72. The van der Waals surface area contributed by atoms with Crippen molar-refractivity contribution in [2.24, 2.45) is 5.73 Å². The van der Waals surface area contributed by atoms with Gasteiger partial charge in [0.25, 0.3) is 0 Å². The van der Waals surface area contributed by atoms with E-state index < -0.39 is 10.0 Å². The van der Waals surface area contributed by atoms with E-state index >= 15 is 0 Å². The van der Waals surface area contributed by atoms with E-state index in [1.807, 2.05) is 0 Å². The fourth-order valence-corrected chi connectivity index (χ4v) is 2.84. The first-order valence-electron chi connectivity index (χ1n) is 6.18. The Morgan fingerprint density at radius 3 is 2.40 bits per heavy atom. The number of rotatable bonds is 6. The molecule has 2 N–H and O–H groups in total. The van der Waals surface area contributed by atoms with Gasteiger partial charge in [0, 0.05) is 33.4 Å². The van der Waals surface area contributed by atoms with Gasteiger partial charge >= 0.3 is 0 Å². The van der Waals surface area contributed by atoms with Gasteiger partial charge in [-0.1, -0.05) is 6.92 Å². The van der Waals surface area contributed by atoms with Crippen LogP contribution >= 0.6 is 0 Å². The number of amides is 1. The zero-order chi connectivity index (χ0) is 15.3. The van der Waals surface area contributed by atoms with E-state index in [1.165, 1.54) is 17.2 Å². The standard InChI is InChI=1S/C12H20N4O3S/c1-4-16(9-12(17)15(2)3)20(18,19)11-6-5-10(7-13)14-8-11/h5-6,8H,4,7,9,13H2,1-3H3. The minimum absolute atomic E-state index is 0.0584. The first kappa shape index (κ1) is 16.5. The number of carbonyl (C=O) groups is 1. The predicted molar refractivity (Wildman–Crippen MR) is 75.3 cm³/mol. The maximum absolute atomic E-state index is 12.4. The second-order valence-corrected chi connectivity index (χ2v) is 6.35. The van der Waals surface area contributed by atoms with Gasteiger partial charge in [0.05, 0.1) is 12.2 Å². The van der Waals surface area contributed by atoms with E-state index in [4.69, 9.17) is 5.73 Å². The quantitative estimate of drug-likeness (QED) is 0.774. The predicted octanol–water partition coefficient (Wildman–Crippen LogP) is -0.361. The lowest BCUT2D eigenvalue weighted by atomic mass is 10.4. The van der Waals surface area contributed by atoms with Crippen LogP contribution in [0.1, 0.15) is 12.6 Å². The van der Waals surface area contributed by atoms with Gasteiger partial charge in [0.2, 0.25) is 15.9 Å². The highest BCUT2D eigenvalue weighted by atomic mass is 32.2. The molecule has 0 aromatic carbocycles. The van der Waals surface area contributed by atoms with Crippen molar-refractivity contribution >= 4 is 15.9 Å². The molecule has 112 valence electrons. The third-order valence-electron chi connectivity index (χ3n) is 2.81. The van der Waals surface area contributed by atoms with Crippen molar-refractivity contribution in [2.75, 3.05) is 27.2 Å². The summed E-state index contributed by atoms with van der Waals surface area (Å²) in [7, 11) is -0.555. The lowest BCUT2D eigenvalue weighted by Gasteiger charge is -2.21. The van der Waals surface area contributed by atoms with Gasteiger partial charge in [-0.2, -0.15) is 4.31 Å². The van der Waals surface area contributed by atoms with Gasteiger partial charge in [-0.05, 0) is 12.1 Å². The van der Waals surface area contributed by atoms with E-state index in [1.54, 1.807) is 27.1 Å². The summed E-state index contributed by atoms with van der Waals surface area (Å²) in [5.41, 5.74) is 6.03. The van der Waals surface area contributed by atoms with Crippen molar-refractivity contribution in [3.63, 3.8) is 0 Å². The largest absolute Gasteiger partial charge is 0.348 e. The van der Waals surface area contributed by atoms with Crippen molar-refractivity contribution in [2.45, 2.75) is 18.4 Å². The van der Waals surface area contributed by atoms with E-state index in [0.29, 0.717) is 5.69 Å². The summed E-state index contributed by atoms with van der Waals surface area (Å²) >= 11 is 0. The Balaban J connectivity index is 3.02. The summed E-state index contributed by atoms with van der Waals surface area (Å²) in [4.78, 5) is 17.1. The SMILES string of the molecule is CCN(CC(=O)N(C)C)S(=O)(=O)c1ccc(CN)nc1. The maximum Gasteiger partial charge on any atom is 0.245 e. The van der Waals surface area contributed by atoms with Crippen LogP contribution in [0.4, 0.5) is 0 Å². The molecule has 0 radical (unpaired) electrons. The first-order chi connectivity index (χ1) is 9.32. The van der Waals surface area contributed by atoms with Crippen molar-refractivity contribution in [3.05, 3.63) is 24.0 Å². The average molecular weight is 300 g/mol. The summed E-state index contributed by atoms with van der Waals surface area (Å²) in [5, 5.41) is 0. The molecule has 0 unspecified atom stereocenters. The Morgan fingerprint density at radius 1 is 1.35 bits per heavy atom. The number of nitrogens with two attached hydrogens (primary N) is 1. The molecule has 0 aliphatic carbocycles. The Labute approximate surface area is 119 Å². The second kappa shape index (κ2) is 6.78. The highest BCUT2D eigenvalue weighted by Gasteiger charge is 2.26. The fourth-order valence-electron chi connectivity index (χ4n) is 1.49. The fraction of sp³-hybridized carbons (Fsp3) is 0.500. The number of hydrogen-bond donors (Lipinski definition) is 1. The van der Waals surface area contributed by atoms with Gasteiger partial charge < -0.3 is 10.6 Å². The molecule has 1 amide bonds. The zero-order valence-electron chi connectivity index (χ0n) is 11.9. The lowest BCUT2D eigenvalue weighted by Crippen LogP contribution is -2.40. The normalized spacial score (nSPS) is 11.7. The molecule has 0 saturated carbocycles. The molecule has 0 atom stereocenters. The molecule has 0 spiro atoms. The molecular weight excluding hydrogens is 280 g/mol. The first-order valence-corrected chi connectivity index (χ1v) is 7.62. The zero-order valence-corrected chi connectivity index (χ0v) is 12.7. The second-order valence-electron chi connectivity index (χ2n) is 4.41. The molecule has 0 fully saturated rings. The summed E-state index contributed by atoms with van der Waals surface area (Å²) in [5.74, 6) is -0.276. The summed E-state index contributed by atoms with van der Waals surface area (Å²) < 4.78 is 25.9. The number of nitrogens with zero attached hydrogens (tertiary/aromatic N) is 3. The Morgan fingerprint density at radius 2 is 2.00 bits per heavy atom. The van der Waals surface area contributed by atoms with Crippen molar-refractivity contribution in [1.29, 1.82) is 0 Å². The van der Waals surface area contributed by atoms with Crippen molar-refractivity contribution in [1.82, 2.24) is 14.2 Å². The van der Waals surface area contributed by atoms with Crippen molar-refractivity contribution < 1.29 is 13.2 Å². The highest BCUT2D eigenvalue weighted by Crippen LogP contribution is 2.14. The molecule has 1 heterocycles. The molecular formula is C12H20N4O3S. The summed E-state index contributed by atoms with van der Waals surface area (Å²) in [6.45, 7) is 1.95. The molecule has 1 aromatic rings. The average Bonchev–Trinajstić information content (AvgIpc) is 2.44. The topological polar surface area (TPSA) is 96.6 Å². The Kier molecular flexibility index (Phi) is 5.61. The molecule has 1 aromatic heterocycles. The Hall–Kier alpha value is -1.51. The number of aromatic nitrogens is 1. The summed E-state index contributed by atoms with van der Waals surface area (Å²) in [6.07, 6.45) is 1.26. The monoisotopic (exact) mass is 300 g/mol. The van der Waals surface area contributed by atoms with Crippen LogP contribution in [0.3, 0.4) is 0 Å².